The van der Waals surface area contributed by atoms with Crippen molar-refractivity contribution >= 4 is 24.0 Å². The third-order valence-electron chi connectivity index (χ3n) is 7.14. The molecular formula is C27H37NO8. The third kappa shape index (κ3) is 5.63. The maximum absolute atomic E-state index is 13.1. The number of allylic oxidation sites excluding steroid dienone is 2. The Kier molecular flexibility index (Phi) is 9.64. The lowest BCUT2D eigenvalue weighted by Gasteiger charge is -2.36. The van der Waals surface area contributed by atoms with Crippen molar-refractivity contribution in [2.75, 3.05) is 13.7 Å². The monoisotopic (exact) mass is 503 g/mol. The average Bonchev–Trinajstić information content (AvgIpc) is 3.43. The summed E-state index contributed by atoms with van der Waals surface area (Å²) < 4.78 is 10.2. The van der Waals surface area contributed by atoms with Gasteiger partial charge >= 0.3 is 6.09 Å². The summed E-state index contributed by atoms with van der Waals surface area (Å²) in [4.78, 5) is 38.7. The van der Waals surface area contributed by atoms with Gasteiger partial charge in [-0.05, 0) is 55.9 Å². The molecule has 198 valence electrons. The average molecular weight is 504 g/mol. The molecule has 9 heteroatoms. The second kappa shape index (κ2) is 12.5. The number of carbonyl (C=O) groups is 3. The van der Waals surface area contributed by atoms with Crippen LogP contribution in [0.4, 0.5) is 4.79 Å². The van der Waals surface area contributed by atoms with Crippen LogP contribution in [-0.2, 0) is 20.9 Å². The molecule has 0 bridgehead atoms. The van der Waals surface area contributed by atoms with Gasteiger partial charge in [0.15, 0.2) is 0 Å². The van der Waals surface area contributed by atoms with Crippen LogP contribution < -0.4 is 0 Å². The van der Waals surface area contributed by atoms with Crippen LogP contribution in [0.2, 0.25) is 0 Å². The van der Waals surface area contributed by atoms with Gasteiger partial charge in [-0.2, -0.15) is 4.90 Å². The van der Waals surface area contributed by atoms with Crippen molar-refractivity contribution in [2.24, 2.45) is 17.8 Å². The van der Waals surface area contributed by atoms with E-state index in [4.69, 9.17) is 4.42 Å². The highest BCUT2D eigenvalue weighted by molar-refractivity contribution is 6.15. The highest BCUT2D eigenvalue weighted by Gasteiger charge is 2.57. The van der Waals surface area contributed by atoms with Crippen molar-refractivity contribution in [3.05, 3.63) is 40.4 Å². The maximum Gasteiger partial charge on any atom is 0.423 e. The lowest BCUT2D eigenvalue weighted by Crippen LogP contribution is -2.40. The van der Waals surface area contributed by atoms with Crippen LogP contribution in [0.5, 0.6) is 0 Å². The molecule has 0 unspecified atom stereocenters. The number of likely N-dealkylation sites (tertiary alicyclic amines) is 1. The Balaban J connectivity index is 1.86. The molecule has 9 nitrogen and oxygen atoms in total. The Morgan fingerprint density at radius 3 is 2.53 bits per heavy atom. The van der Waals surface area contributed by atoms with Crippen LogP contribution in [0, 0.1) is 17.8 Å². The molecule has 1 saturated heterocycles. The van der Waals surface area contributed by atoms with Crippen molar-refractivity contribution in [1.82, 2.24) is 4.90 Å². The molecule has 3 amide bonds. The van der Waals surface area contributed by atoms with Gasteiger partial charge in [0.05, 0.1) is 31.7 Å². The van der Waals surface area contributed by atoms with Crippen LogP contribution in [0.1, 0.15) is 70.3 Å². The molecule has 0 saturated carbocycles. The summed E-state index contributed by atoms with van der Waals surface area (Å²) in [6.45, 7) is 3.46. The number of imide groups is 3. The summed E-state index contributed by atoms with van der Waals surface area (Å²) >= 11 is 0. The van der Waals surface area contributed by atoms with Gasteiger partial charge < -0.3 is 24.5 Å². The number of amides is 3. The Morgan fingerprint density at radius 1 is 1.19 bits per heavy atom. The van der Waals surface area contributed by atoms with Crippen molar-refractivity contribution in [3.8, 4) is 0 Å². The van der Waals surface area contributed by atoms with Gasteiger partial charge in [0.25, 0.3) is 0 Å². The van der Waals surface area contributed by atoms with E-state index in [-0.39, 0.29) is 13.0 Å². The van der Waals surface area contributed by atoms with Gasteiger partial charge in [-0.25, -0.2) is 4.79 Å². The number of fused-ring (bicyclic) bond motifs is 1. The Morgan fingerprint density at radius 2 is 1.94 bits per heavy atom. The smallest absolute Gasteiger partial charge is 0.423 e. The molecule has 1 aliphatic carbocycles. The molecule has 3 N–H and O–H groups in total. The zero-order chi connectivity index (χ0) is 26.4. The van der Waals surface area contributed by atoms with E-state index in [1.807, 2.05) is 13.0 Å². The second-order valence-corrected chi connectivity index (χ2v) is 9.49. The van der Waals surface area contributed by atoms with E-state index in [9.17, 15) is 29.7 Å². The van der Waals surface area contributed by atoms with Gasteiger partial charge in [-0.3, -0.25) is 9.59 Å². The lowest BCUT2D eigenvalue weighted by atomic mass is 9.67. The number of rotatable bonds is 11. The van der Waals surface area contributed by atoms with Crippen molar-refractivity contribution in [2.45, 2.75) is 71.5 Å². The van der Waals surface area contributed by atoms with E-state index >= 15 is 0 Å². The van der Waals surface area contributed by atoms with Crippen molar-refractivity contribution in [3.63, 3.8) is 0 Å². The van der Waals surface area contributed by atoms with Crippen LogP contribution in [0.3, 0.4) is 0 Å². The van der Waals surface area contributed by atoms with Crippen LogP contribution in [-0.4, -0.2) is 57.9 Å². The minimum atomic E-state index is -1.02. The highest BCUT2D eigenvalue weighted by atomic mass is 16.5. The van der Waals surface area contributed by atoms with Gasteiger partial charge in [-0.15, -0.1) is 0 Å². The van der Waals surface area contributed by atoms with Crippen LogP contribution in [0.15, 0.2) is 33.3 Å². The van der Waals surface area contributed by atoms with E-state index < -0.39 is 48.4 Å². The van der Waals surface area contributed by atoms with Gasteiger partial charge in [0, 0.05) is 5.92 Å². The summed E-state index contributed by atoms with van der Waals surface area (Å²) in [6, 6.07) is 3.51. The van der Waals surface area contributed by atoms with Crippen LogP contribution in [0.25, 0.3) is 6.08 Å². The van der Waals surface area contributed by atoms with E-state index in [0.29, 0.717) is 41.3 Å². The van der Waals surface area contributed by atoms with E-state index in [1.54, 1.807) is 12.1 Å². The first-order valence-electron chi connectivity index (χ1n) is 12.7. The van der Waals surface area contributed by atoms with Gasteiger partial charge in [0.1, 0.15) is 18.1 Å². The Bertz CT molecular complexity index is 1020. The van der Waals surface area contributed by atoms with E-state index in [2.05, 4.69) is 11.7 Å². The molecule has 2 heterocycles. The zero-order valence-corrected chi connectivity index (χ0v) is 21.2. The number of methoxy groups -OCH3 is 1. The Hall–Kier alpha value is -2.75. The summed E-state index contributed by atoms with van der Waals surface area (Å²) in [6.07, 6.45) is 4.31. The first-order valence-corrected chi connectivity index (χ1v) is 12.7. The molecule has 0 spiro atoms. The molecule has 1 aromatic rings. The molecule has 4 atom stereocenters. The third-order valence-corrected chi connectivity index (χ3v) is 7.14. The number of aliphatic hydroxyl groups is 3. The molecule has 3 rings (SSSR count). The fourth-order valence-electron chi connectivity index (χ4n) is 5.60. The maximum atomic E-state index is 13.1. The number of aliphatic hydroxyl groups excluding tert-OH is 3. The van der Waals surface area contributed by atoms with Gasteiger partial charge in [0.2, 0.25) is 11.8 Å². The minimum absolute atomic E-state index is 0.177. The van der Waals surface area contributed by atoms with Gasteiger partial charge in [-0.1, -0.05) is 37.8 Å². The highest BCUT2D eigenvalue weighted by Crippen LogP contribution is 2.47. The quantitative estimate of drug-likeness (QED) is 0.308. The lowest BCUT2D eigenvalue weighted by molar-refractivity contribution is -0.137. The molecule has 36 heavy (non-hydrogen) atoms. The summed E-state index contributed by atoms with van der Waals surface area (Å²) in [5, 5.41) is 30.9. The Labute approximate surface area is 211 Å². The number of hydrogen-bond donors (Lipinski definition) is 3. The first kappa shape index (κ1) is 27.8. The number of nitrogens with zero attached hydrogens (tertiary/aromatic N) is 1. The molecular weight excluding hydrogens is 466 g/mol. The number of ether oxygens (including phenoxy) is 1. The molecule has 1 aromatic heterocycles. The fourth-order valence-corrected chi connectivity index (χ4v) is 5.60. The van der Waals surface area contributed by atoms with Crippen molar-refractivity contribution in [1.29, 1.82) is 0 Å². The zero-order valence-electron chi connectivity index (χ0n) is 21.2. The summed E-state index contributed by atoms with van der Waals surface area (Å²) in [5.74, 6) is -2.58. The molecule has 1 fully saturated rings. The van der Waals surface area contributed by atoms with E-state index in [0.717, 1.165) is 37.5 Å². The largest absolute Gasteiger partial charge is 0.459 e. The standard InChI is InChI=1S/C27H37NO8/c1-4-6-16(12-18-9-10-19(14-29)36-18)8-11-22(31)23-17(7-5-2)13-20-24(21(23)15-30)26(33)28(25(20)32)27(34)35-3/h9-10,12,20-22,24,29-31H,4-8,11,13-15H2,1-3H3/b16-12+/t20-,21+,22-,24-/m1/s1. The normalized spacial score (nSPS) is 23.3. The SMILES string of the molecule is CCCC1=C([C@H](O)CC/C(=C/c2ccc(CO)o2)CCC)[C@H](CO)[C@@H]2C(=O)N(C(=O)OC)C(=O)[C@@H]2C1. The summed E-state index contributed by atoms with van der Waals surface area (Å²) in [5.41, 5.74) is 2.56. The number of carbonyl (C=O) groups excluding carboxylic acids is 3. The first-order chi connectivity index (χ1) is 17.3. The summed E-state index contributed by atoms with van der Waals surface area (Å²) in [7, 11) is 1.11. The molecule has 2 aliphatic rings. The van der Waals surface area contributed by atoms with Crippen molar-refractivity contribution < 1.29 is 38.9 Å². The van der Waals surface area contributed by atoms with Crippen LogP contribution >= 0.6 is 0 Å². The minimum Gasteiger partial charge on any atom is -0.459 e. The second-order valence-electron chi connectivity index (χ2n) is 9.49. The predicted molar refractivity (Wildman–Crippen MR) is 131 cm³/mol. The predicted octanol–water partition coefficient (Wildman–Crippen LogP) is 3.57. The molecule has 1 aliphatic heterocycles. The number of furan rings is 1. The number of hydrogen-bond acceptors (Lipinski definition) is 8. The molecule has 0 radical (unpaired) electrons. The topological polar surface area (TPSA) is 138 Å². The fraction of sp³-hybridized carbons (Fsp3) is 0.593. The van der Waals surface area contributed by atoms with E-state index in [1.165, 1.54) is 0 Å². The molecule has 0 aromatic carbocycles.